The number of nitrogens with zero attached hydrogens (tertiary/aromatic N) is 2. The zero-order valence-electron chi connectivity index (χ0n) is 10.6. The molecule has 0 saturated heterocycles. The van der Waals surface area contributed by atoms with Crippen LogP contribution in [0.25, 0.3) is 0 Å². The van der Waals surface area contributed by atoms with E-state index in [1.165, 1.54) is 19.4 Å². The van der Waals surface area contributed by atoms with Gasteiger partial charge in [0.1, 0.15) is 5.75 Å². The molecule has 2 rings (SSSR count). The molecule has 0 aliphatic rings. The summed E-state index contributed by atoms with van der Waals surface area (Å²) >= 11 is 0. The van der Waals surface area contributed by atoms with Crippen molar-refractivity contribution in [3.63, 3.8) is 0 Å². The van der Waals surface area contributed by atoms with E-state index in [0.29, 0.717) is 11.7 Å². The third kappa shape index (κ3) is 3.19. The number of hydrogen-bond donors (Lipinski definition) is 1. The van der Waals surface area contributed by atoms with Gasteiger partial charge < -0.3 is 14.8 Å². The second kappa shape index (κ2) is 5.81. The summed E-state index contributed by atoms with van der Waals surface area (Å²) in [7, 11) is 2.90. The second-order valence-electron chi connectivity index (χ2n) is 3.61. The van der Waals surface area contributed by atoms with Crippen LogP contribution in [0, 0.1) is 0 Å². The second-order valence-corrected chi connectivity index (χ2v) is 3.61. The highest BCUT2D eigenvalue weighted by molar-refractivity contribution is 5.87. The normalized spacial score (nSPS) is 9.79. The van der Waals surface area contributed by atoms with Gasteiger partial charge in [0.25, 0.3) is 0 Å². The Bertz CT molecular complexity index is 587. The van der Waals surface area contributed by atoms with Crippen LogP contribution < -0.4 is 10.1 Å². The van der Waals surface area contributed by atoms with Crippen molar-refractivity contribution >= 4 is 17.6 Å². The number of esters is 1. The van der Waals surface area contributed by atoms with E-state index >= 15 is 0 Å². The first kappa shape index (κ1) is 12.8. The van der Waals surface area contributed by atoms with Gasteiger partial charge in [-0.3, -0.25) is 0 Å². The Morgan fingerprint density at radius 2 is 2.11 bits per heavy atom. The minimum atomic E-state index is -0.504. The van der Waals surface area contributed by atoms with Crippen molar-refractivity contribution in [1.82, 2.24) is 9.97 Å². The minimum Gasteiger partial charge on any atom is -0.497 e. The lowest BCUT2D eigenvalue weighted by molar-refractivity contribution is 0.0594. The van der Waals surface area contributed by atoms with Gasteiger partial charge in [-0.05, 0) is 18.2 Å². The summed E-state index contributed by atoms with van der Waals surface area (Å²) in [4.78, 5) is 19.5. The van der Waals surface area contributed by atoms with Crippen LogP contribution in [0.1, 0.15) is 10.5 Å². The molecule has 1 aromatic heterocycles. The predicted molar refractivity (Wildman–Crippen MR) is 69.6 cm³/mol. The molecule has 0 saturated carbocycles. The van der Waals surface area contributed by atoms with E-state index in [4.69, 9.17) is 4.74 Å². The predicted octanol–water partition coefficient (Wildman–Crippen LogP) is 2.02. The molecule has 1 N–H and O–H groups in total. The molecule has 1 heterocycles. The van der Waals surface area contributed by atoms with Crippen LogP contribution in [-0.2, 0) is 4.74 Å². The van der Waals surface area contributed by atoms with Crippen molar-refractivity contribution < 1.29 is 14.3 Å². The minimum absolute atomic E-state index is 0.197. The fourth-order valence-electron chi connectivity index (χ4n) is 1.47. The summed E-state index contributed by atoms with van der Waals surface area (Å²) < 4.78 is 9.72. The van der Waals surface area contributed by atoms with E-state index in [9.17, 15) is 4.79 Å². The van der Waals surface area contributed by atoms with Gasteiger partial charge in [0.05, 0.1) is 14.2 Å². The average molecular weight is 259 g/mol. The van der Waals surface area contributed by atoms with E-state index in [1.54, 1.807) is 13.2 Å². The summed E-state index contributed by atoms with van der Waals surface area (Å²) in [6.45, 7) is 0. The van der Waals surface area contributed by atoms with Gasteiger partial charge in [-0.25, -0.2) is 14.8 Å². The van der Waals surface area contributed by atoms with Crippen molar-refractivity contribution in [3.05, 3.63) is 42.2 Å². The maximum Gasteiger partial charge on any atom is 0.356 e. The van der Waals surface area contributed by atoms with Crippen LogP contribution in [-0.4, -0.2) is 30.2 Å². The Hall–Kier alpha value is -2.63. The Morgan fingerprint density at radius 3 is 2.84 bits per heavy atom. The zero-order chi connectivity index (χ0) is 13.7. The van der Waals surface area contributed by atoms with Crippen molar-refractivity contribution in [2.75, 3.05) is 19.5 Å². The van der Waals surface area contributed by atoms with Gasteiger partial charge in [-0.15, -0.1) is 0 Å². The lowest BCUT2D eigenvalue weighted by Gasteiger charge is -2.07. The number of aromatic nitrogens is 2. The molecule has 0 atom stereocenters. The molecule has 6 nitrogen and oxygen atoms in total. The summed E-state index contributed by atoms with van der Waals surface area (Å²) in [5.74, 6) is 0.529. The standard InChI is InChI=1S/C13H13N3O3/c1-18-10-5-3-4-9(8-10)15-13-14-7-6-11(16-13)12(17)19-2/h3-8H,1-2H3,(H,14,15,16). The van der Waals surface area contributed by atoms with Crippen molar-refractivity contribution in [3.8, 4) is 5.75 Å². The summed E-state index contributed by atoms with van der Waals surface area (Å²) in [6, 6.07) is 8.80. The van der Waals surface area contributed by atoms with Gasteiger partial charge in [-0.2, -0.15) is 0 Å². The fourth-order valence-corrected chi connectivity index (χ4v) is 1.47. The van der Waals surface area contributed by atoms with Gasteiger partial charge in [0, 0.05) is 18.0 Å². The van der Waals surface area contributed by atoms with Gasteiger partial charge in [0.2, 0.25) is 5.95 Å². The monoisotopic (exact) mass is 259 g/mol. The average Bonchev–Trinajstić information content (AvgIpc) is 2.47. The number of rotatable bonds is 4. The molecular formula is C13H13N3O3. The highest BCUT2D eigenvalue weighted by Crippen LogP contribution is 2.19. The molecule has 19 heavy (non-hydrogen) atoms. The number of benzene rings is 1. The van der Waals surface area contributed by atoms with Gasteiger partial charge in [0.15, 0.2) is 5.69 Å². The van der Waals surface area contributed by atoms with Crippen LogP contribution >= 0.6 is 0 Å². The quantitative estimate of drug-likeness (QED) is 0.847. The maximum absolute atomic E-state index is 11.4. The Morgan fingerprint density at radius 1 is 1.26 bits per heavy atom. The number of anilines is 2. The molecule has 2 aromatic rings. The summed E-state index contributed by atoms with van der Waals surface area (Å²) in [6.07, 6.45) is 1.49. The summed E-state index contributed by atoms with van der Waals surface area (Å²) in [5.41, 5.74) is 0.962. The molecule has 98 valence electrons. The molecule has 0 amide bonds. The lowest BCUT2D eigenvalue weighted by atomic mass is 10.3. The van der Waals surface area contributed by atoms with E-state index in [0.717, 1.165) is 5.69 Å². The lowest BCUT2D eigenvalue weighted by Crippen LogP contribution is -2.07. The third-order valence-electron chi connectivity index (χ3n) is 2.38. The maximum atomic E-state index is 11.4. The Kier molecular flexibility index (Phi) is 3.92. The van der Waals surface area contributed by atoms with Gasteiger partial charge in [-0.1, -0.05) is 6.07 Å². The molecule has 0 fully saturated rings. The number of methoxy groups -OCH3 is 2. The molecule has 0 spiro atoms. The molecule has 1 aromatic carbocycles. The zero-order valence-corrected chi connectivity index (χ0v) is 10.6. The first-order valence-corrected chi connectivity index (χ1v) is 5.55. The first-order chi connectivity index (χ1) is 9.22. The molecule has 0 unspecified atom stereocenters. The van der Waals surface area contributed by atoms with E-state index in [-0.39, 0.29) is 5.69 Å². The number of carbonyl (C=O) groups excluding carboxylic acids is 1. The molecule has 0 bridgehead atoms. The first-order valence-electron chi connectivity index (χ1n) is 5.55. The molecule has 6 heteroatoms. The van der Waals surface area contributed by atoms with Crippen LogP contribution in [0.4, 0.5) is 11.6 Å². The van der Waals surface area contributed by atoms with Crippen molar-refractivity contribution in [2.24, 2.45) is 0 Å². The van der Waals surface area contributed by atoms with Crippen LogP contribution in [0.2, 0.25) is 0 Å². The molecule has 0 aliphatic carbocycles. The van der Waals surface area contributed by atoms with Gasteiger partial charge >= 0.3 is 5.97 Å². The molecule has 0 aliphatic heterocycles. The van der Waals surface area contributed by atoms with Crippen molar-refractivity contribution in [1.29, 1.82) is 0 Å². The number of carbonyl (C=O) groups is 1. The van der Waals surface area contributed by atoms with E-state index in [1.807, 2.05) is 18.2 Å². The highest BCUT2D eigenvalue weighted by Gasteiger charge is 2.08. The number of hydrogen-bond acceptors (Lipinski definition) is 6. The number of ether oxygens (including phenoxy) is 2. The van der Waals surface area contributed by atoms with E-state index < -0.39 is 5.97 Å². The van der Waals surface area contributed by atoms with Crippen LogP contribution in [0.15, 0.2) is 36.5 Å². The topological polar surface area (TPSA) is 73.3 Å². The SMILES string of the molecule is COC(=O)c1ccnc(Nc2cccc(OC)c2)n1. The Labute approximate surface area is 110 Å². The largest absolute Gasteiger partial charge is 0.497 e. The summed E-state index contributed by atoms with van der Waals surface area (Å²) in [5, 5.41) is 2.99. The Balaban J connectivity index is 2.20. The molecular weight excluding hydrogens is 246 g/mol. The highest BCUT2D eigenvalue weighted by atomic mass is 16.5. The molecule has 0 radical (unpaired) electrons. The fraction of sp³-hybridized carbons (Fsp3) is 0.154. The number of nitrogens with one attached hydrogen (secondary N) is 1. The van der Waals surface area contributed by atoms with Crippen LogP contribution in [0.3, 0.4) is 0 Å². The van der Waals surface area contributed by atoms with E-state index in [2.05, 4.69) is 20.0 Å². The van der Waals surface area contributed by atoms with Crippen LogP contribution in [0.5, 0.6) is 5.75 Å². The van der Waals surface area contributed by atoms with Crippen molar-refractivity contribution in [2.45, 2.75) is 0 Å². The smallest absolute Gasteiger partial charge is 0.356 e. The third-order valence-corrected chi connectivity index (χ3v) is 2.38.